The van der Waals surface area contributed by atoms with Gasteiger partial charge in [-0.25, -0.2) is 12.8 Å². The van der Waals surface area contributed by atoms with Crippen molar-refractivity contribution in [3.05, 3.63) is 29.6 Å². The molecule has 1 fully saturated rings. The van der Waals surface area contributed by atoms with E-state index in [9.17, 15) is 12.8 Å². The molecule has 1 N–H and O–H groups in total. The largest absolute Gasteiger partial charge is 0.380 e. The van der Waals surface area contributed by atoms with E-state index in [-0.39, 0.29) is 4.90 Å². The summed E-state index contributed by atoms with van der Waals surface area (Å²) in [6, 6.07) is 3.96. The Morgan fingerprint density at radius 1 is 1.33 bits per heavy atom. The molecule has 0 atom stereocenters. The molecule has 0 bridgehead atoms. The van der Waals surface area contributed by atoms with Gasteiger partial charge in [0.15, 0.2) is 0 Å². The van der Waals surface area contributed by atoms with Gasteiger partial charge in [0.2, 0.25) is 10.0 Å². The molecule has 0 radical (unpaired) electrons. The van der Waals surface area contributed by atoms with Gasteiger partial charge in [0.1, 0.15) is 5.82 Å². The monoisotopic (exact) mass is 316 g/mol. The highest BCUT2D eigenvalue weighted by Gasteiger charge is 2.26. The molecule has 5 nitrogen and oxygen atoms in total. The number of nitrogens with one attached hydrogen (secondary N) is 1. The van der Waals surface area contributed by atoms with E-state index in [2.05, 4.69) is 5.32 Å². The van der Waals surface area contributed by atoms with Crippen molar-refractivity contribution in [2.24, 2.45) is 0 Å². The number of ether oxygens (including phenoxy) is 1. The summed E-state index contributed by atoms with van der Waals surface area (Å²) < 4.78 is 45.6. The zero-order valence-electron chi connectivity index (χ0n) is 12.1. The van der Waals surface area contributed by atoms with E-state index in [1.165, 1.54) is 22.5 Å². The lowest BCUT2D eigenvalue weighted by Gasteiger charge is -2.19. The lowest BCUT2D eigenvalue weighted by molar-refractivity contribution is 0.148. The summed E-state index contributed by atoms with van der Waals surface area (Å²) in [5.74, 6) is -0.394. The van der Waals surface area contributed by atoms with E-state index in [0.717, 1.165) is 0 Å². The molecule has 0 aromatic heterocycles. The van der Waals surface area contributed by atoms with Gasteiger partial charge in [-0.2, -0.15) is 4.31 Å². The smallest absolute Gasteiger partial charge is 0.243 e. The first kappa shape index (κ1) is 16.4. The van der Waals surface area contributed by atoms with Gasteiger partial charge in [-0.15, -0.1) is 0 Å². The summed E-state index contributed by atoms with van der Waals surface area (Å²) in [7, 11) is -3.59. The molecule has 1 aromatic carbocycles. The first-order valence-corrected chi connectivity index (χ1v) is 8.56. The number of halogens is 1. The molecule has 118 valence electrons. The minimum Gasteiger partial charge on any atom is -0.380 e. The molecule has 1 aliphatic rings. The minimum atomic E-state index is -3.59. The Balaban J connectivity index is 2.26. The number of rotatable bonds is 5. The van der Waals surface area contributed by atoms with Crippen LogP contribution in [0.4, 0.5) is 4.39 Å². The van der Waals surface area contributed by atoms with E-state index in [1.54, 1.807) is 0 Å². The molecule has 0 amide bonds. The molecule has 0 aliphatic carbocycles. The molecule has 2 rings (SSSR count). The second kappa shape index (κ2) is 7.31. The van der Waals surface area contributed by atoms with Crippen molar-refractivity contribution in [2.75, 3.05) is 32.8 Å². The Labute approximate surface area is 125 Å². The molecule has 0 saturated carbocycles. The zero-order valence-corrected chi connectivity index (χ0v) is 13.0. The third-order valence-electron chi connectivity index (χ3n) is 3.40. The van der Waals surface area contributed by atoms with E-state index < -0.39 is 15.8 Å². The van der Waals surface area contributed by atoms with Crippen LogP contribution in [-0.4, -0.2) is 45.6 Å². The van der Waals surface area contributed by atoms with Crippen LogP contribution in [0.5, 0.6) is 0 Å². The molecule has 1 heterocycles. The summed E-state index contributed by atoms with van der Waals surface area (Å²) in [5, 5.41) is 3.01. The molecule has 21 heavy (non-hydrogen) atoms. The quantitative estimate of drug-likeness (QED) is 0.891. The van der Waals surface area contributed by atoms with E-state index in [4.69, 9.17) is 4.74 Å². The van der Waals surface area contributed by atoms with Crippen LogP contribution in [0.25, 0.3) is 0 Å². The molecular weight excluding hydrogens is 295 g/mol. The molecule has 0 spiro atoms. The van der Waals surface area contributed by atoms with Crippen molar-refractivity contribution in [3.63, 3.8) is 0 Å². The number of benzene rings is 1. The number of nitrogens with zero attached hydrogens (tertiary/aromatic N) is 1. The highest BCUT2D eigenvalue weighted by molar-refractivity contribution is 7.89. The van der Waals surface area contributed by atoms with Crippen molar-refractivity contribution in [2.45, 2.75) is 24.8 Å². The normalized spacial score (nSPS) is 17.6. The Morgan fingerprint density at radius 2 is 2.14 bits per heavy atom. The van der Waals surface area contributed by atoms with Crippen LogP contribution in [0.2, 0.25) is 0 Å². The predicted molar refractivity (Wildman–Crippen MR) is 78.0 cm³/mol. The Morgan fingerprint density at radius 3 is 2.90 bits per heavy atom. The average Bonchev–Trinajstić information content (AvgIpc) is 2.75. The molecule has 0 unspecified atom stereocenters. The first-order chi connectivity index (χ1) is 10.1. The summed E-state index contributed by atoms with van der Waals surface area (Å²) in [5.41, 5.74) is 0.365. The fourth-order valence-electron chi connectivity index (χ4n) is 2.22. The minimum absolute atomic E-state index is 0.138. The topological polar surface area (TPSA) is 58.6 Å². The van der Waals surface area contributed by atoms with Crippen LogP contribution in [0.3, 0.4) is 0 Å². The molecule has 1 aliphatic heterocycles. The van der Waals surface area contributed by atoms with Crippen molar-refractivity contribution in [1.29, 1.82) is 0 Å². The maximum Gasteiger partial charge on any atom is 0.243 e. The third kappa shape index (κ3) is 4.00. The van der Waals surface area contributed by atoms with E-state index in [1.807, 2.05) is 6.92 Å². The first-order valence-electron chi connectivity index (χ1n) is 7.12. The maximum absolute atomic E-state index is 13.7. The van der Waals surface area contributed by atoms with Gasteiger partial charge in [-0.3, -0.25) is 0 Å². The summed E-state index contributed by atoms with van der Waals surface area (Å²) in [4.78, 5) is 0.138. The lowest BCUT2D eigenvalue weighted by atomic mass is 10.2. The second-order valence-corrected chi connectivity index (χ2v) is 6.84. The highest BCUT2D eigenvalue weighted by Crippen LogP contribution is 2.20. The Hall–Kier alpha value is -1.02. The molecule has 1 saturated heterocycles. The maximum atomic E-state index is 13.7. The number of sulfonamides is 1. The van der Waals surface area contributed by atoms with Gasteiger partial charge in [-0.05, 0) is 31.2 Å². The van der Waals surface area contributed by atoms with Crippen LogP contribution in [0.15, 0.2) is 23.1 Å². The van der Waals surface area contributed by atoms with E-state index >= 15 is 0 Å². The van der Waals surface area contributed by atoms with Crippen LogP contribution < -0.4 is 5.32 Å². The summed E-state index contributed by atoms with van der Waals surface area (Å²) in [6.07, 6.45) is 0.671. The van der Waals surface area contributed by atoms with Crippen LogP contribution in [-0.2, 0) is 21.3 Å². The number of hydrogen-bond acceptors (Lipinski definition) is 4. The van der Waals surface area contributed by atoms with Crippen molar-refractivity contribution in [1.82, 2.24) is 9.62 Å². The average molecular weight is 316 g/mol. The van der Waals surface area contributed by atoms with Gasteiger partial charge in [0.05, 0.1) is 11.5 Å². The van der Waals surface area contributed by atoms with Gasteiger partial charge in [0, 0.05) is 31.8 Å². The van der Waals surface area contributed by atoms with Crippen molar-refractivity contribution < 1.29 is 17.5 Å². The third-order valence-corrected chi connectivity index (χ3v) is 5.30. The van der Waals surface area contributed by atoms with Gasteiger partial charge < -0.3 is 10.1 Å². The van der Waals surface area contributed by atoms with E-state index in [0.29, 0.717) is 51.4 Å². The molecule has 1 aromatic rings. The van der Waals surface area contributed by atoms with Gasteiger partial charge in [0.25, 0.3) is 0 Å². The summed E-state index contributed by atoms with van der Waals surface area (Å²) >= 11 is 0. The fraction of sp³-hybridized carbons (Fsp3) is 0.571. The lowest BCUT2D eigenvalue weighted by Crippen LogP contribution is -2.33. The van der Waals surface area contributed by atoms with Crippen LogP contribution >= 0.6 is 0 Å². The van der Waals surface area contributed by atoms with Gasteiger partial charge >= 0.3 is 0 Å². The SMILES string of the molecule is CCNCc1cc(S(=O)(=O)N2CCCOCC2)ccc1F. The Kier molecular flexibility index (Phi) is 5.69. The Bertz CT molecular complexity index is 570. The second-order valence-electron chi connectivity index (χ2n) is 4.90. The zero-order chi connectivity index (χ0) is 15.3. The summed E-state index contributed by atoms with van der Waals surface area (Å²) in [6.45, 7) is 4.65. The molecule has 7 heteroatoms. The predicted octanol–water partition coefficient (Wildman–Crippen LogP) is 1.35. The molecular formula is C14H21FN2O3S. The van der Waals surface area contributed by atoms with Crippen LogP contribution in [0, 0.1) is 5.82 Å². The standard InChI is InChI=1S/C14H21FN2O3S/c1-2-16-11-12-10-13(4-5-14(12)15)21(18,19)17-6-3-8-20-9-7-17/h4-5,10,16H,2-3,6-9,11H2,1H3. The number of hydrogen-bond donors (Lipinski definition) is 1. The van der Waals surface area contributed by atoms with Crippen LogP contribution in [0.1, 0.15) is 18.9 Å². The van der Waals surface area contributed by atoms with Crippen molar-refractivity contribution >= 4 is 10.0 Å². The highest BCUT2D eigenvalue weighted by atomic mass is 32.2. The van der Waals surface area contributed by atoms with Crippen molar-refractivity contribution in [3.8, 4) is 0 Å². The fourth-order valence-corrected chi connectivity index (χ4v) is 3.73. The van der Waals surface area contributed by atoms with Gasteiger partial charge in [-0.1, -0.05) is 6.92 Å².